The van der Waals surface area contributed by atoms with E-state index in [0.29, 0.717) is 5.88 Å². The normalized spacial score (nSPS) is 10.0. The van der Waals surface area contributed by atoms with Crippen LogP contribution in [0.25, 0.3) is 0 Å². The van der Waals surface area contributed by atoms with Crippen LogP contribution < -0.4 is 10.1 Å². The van der Waals surface area contributed by atoms with Crippen molar-refractivity contribution in [2.24, 2.45) is 0 Å². The van der Waals surface area contributed by atoms with Gasteiger partial charge in [0.05, 0.1) is 7.11 Å². The summed E-state index contributed by atoms with van der Waals surface area (Å²) in [7, 11) is 1.50. The fraction of sp³-hybridized carbons (Fsp3) is 0.214. The first-order chi connectivity index (χ1) is 9.24. The van der Waals surface area contributed by atoms with Gasteiger partial charge in [0.25, 0.3) is 5.91 Å². The lowest BCUT2D eigenvalue weighted by molar-refractivity contribution is 0.102. The second-order valence-corrected chi connectivity index (χ2v) is 3.91. The molecule has 0 aliphatic heterocycles. The molecule has 1 aromatic carbocycles. The average molecular weight is 257 g/mol. The third kappa shape index (κ3) is 3.07. The molecule has 0 radical (unpaired) electrons. The third-order valence-corrected chi connectivity index (χ3v) is 2.73. The van der Waals surface area contributed by atoms with Gasteiger partial charge in [-0.3, -0.25) is 4.79 Å². The Labute approximate surface area is 111 Å². The van der Waals surface area contributed by atoms with Crippen molar-refractivity contribution < 1.29 is 9.53 Å². The molecule has 0 unspecified atom stereocenters. The molecule has 0 saturated heterocycles. The van der Waals surface area contributed by atoms with Crippen LogP contribution in [0.2, 0.25) is 0 Å². The number of hydrogen-bond donors (Lipinski definition) is 1. The molecule has 2 rings (SSSR count). The molecule has 0 saturated carbocycles. The van der Waals surface area contributed by atoms with Crippen molar-refractivity contribution in [3.63, 3.8) is 0 Å². The number of anilines is 1. The van der Waals surface area contributed by atoms with Gasteiger partial charge >= 0.3 is 0 Å². The van der Waals surface area contributed by atoms with Gasteiger partial charge in [-0.05, 0) is 18.1 Å². The Balaban J connectivity index is 2.20. The largest absolute Gasteiger partial charge is 0.481 e. The minimum absolute atomic E-state index is 0.276. The first-order valence-electron chi connectivity index (χ1n) is 6.00. The molecule has 1 N–H and O–H groups in total. The van der Waals surface area contributed by atoms with Crippen molar-refractivity contribution in [2.75, 3.05) is 12.4 Å². The summed E-state index contributed by atoms with van der Waals surface area (Å²) >= 11 is 0. The van der Waals surface area contributed by atoms with Gasteiger partial charge in [-0.1, -0.05) is 25.1 Å². The molecule has 1 heterocycles. The van der Waals surface area contributed by atoms with Gasteiger partial charge < -0.3 is 10.1 Å². The van der Waals surface area contributed by atoms with E-state index in [4.69, 9.17) is 4.74 Å². The van der Waals surface area contributed by atoms with Crippen LogP contribution in [0.4, 0.5) is 5.69 Å². The predicted molar refractivity (Wildman–Crippen MR) is 72.4 cm³/mol. The number of carbonyl (C=O) groups excluding carboxylic acids is 1. The molecule has 0 aliphatic rings. The number of ether oxygens (including phenoxy) is 1. The topological polar surface area (TPSA) is 64.1 Å². The molecule has 19 heavy (non-hydrogen) atoms. The van der Waals surface area contributed by atoms with Crippen LogP contribution in [0.5, 0.6) is 5.88 Å². The van der Waals surface area contributed by atoms with Crippen LogP contribution in [0.3, 0.4) is 0 Å². The van der Waals surface area contributed by atoms with Crippen LogP contribution in [0.1, 0.15) is 23.0 Å². The smallest absolute Gasteiger partial charge is 0.274 e. The highest BCUT2D eigenvalue weighted by Crippen LogP contribution is 2.16. The zero-order chi connectivity index (χ0) is 13.7. The summed E-state index contributed by atoms with van der Waals surface area (Å²) in [6, 6.07) is 9.19. The molecular weight excluding hydrogens is 242 g/mol. The maximum absolute atomic E-state index is 12.1. The molecule has 1 aromatic heterocycles. The van der Waals surface area contributed by atoms with E-state index in [9.17, 15) is 4.79 Å². The molecule has 5 heteroatoms. The standard InChI is InChI=1S/C14H15N3O2/c1-3-10-6-4-5-7-11(10)17-14(18)12-8-13(19-2)16-9-15-12/h4-9H,3H2,1-2H3,(H,17,18). The number of benzene rings is 1. The first kappa shape index (κ1) is 13.0. The number of aryl methyl sites for hydroxylation is 1. The zero-order valence-electron chi connectivity index (χ0n) is 10.9. The van der Waals surface area contributed by atoms with Crippen molar-refractivity contribution in [1.29, 1.82) is 0 Å². The summed E-state index contributed by atoms with van der Waals surface area (Å²) in [5.41, 5.74) is 2.15. The van der Waals surface area contributed by atoms with Gasteiger partial charge in [-0.2, -0.15) is 0 Å². The van der Waals surface area contributed by atoms with Crippen LogP contribution in [0, 0.1) is 0 Å². The summed E-state index contributed by atoms with van der Waals surface area (Å²) < 4.78 is 4.97. The van der Waals surface area contributed by atoms with Gasteiger partial charge in [0.15, 0.2) is 0 Å². The summed E-state index contributed by atoms with van der Waals surface area (Å²) in [6.45, 7) is 2.04. The van der Waals surface area contributed by atoms with Crippen LogP contribution in [-0.4, -0.2) is 23.0 Å². The number of nitrogens with zero attached hydrogens (tertiary/aromatic N) is 2. The number of para-hydroxylation sites is 1. The SMILES string of the molecule is CCc1ccccc1NC(=O)c1cc(OC)ncn1. The molecule has 2 aromatic rings. The maximum atomic E-state index is 12.1. The molecular formula is C14H15N3O2. The number of aromatic nitrogens is 2. The lowest BCUT2D eigenvalue weighted by Crippen LogP contribution is -2.15. The summed E-state index contributed by atoms with van der Waals surface area (Å²) in [5.74, 6) is 0.0885. The summed E-state index contributed by atoms with van der Waals surface area (Å²) in [5, 5.41) is 2.84. The Bertz CT molecular complexity index is 584. The number of nitrogens with one attached hydrogen (secondary N) is 1. The lowest BCUT2D eigenvalue weighted by atomic mass is 10.1. The van der Waals surface area contributed by atoms with E-state index >= 15 is 0 Å². The molecule has 98 valence electrons. The fourth-order valence-electron chi connectivity index (χ4n) is 1.71. The van der Waals surface area contributed by atoms with E-state index < -0.39 is 0 Å². The molecule has 0 atom stereocenters. The van der Waals surface area contributed by atoms with Crippen LogP contribution in [-0.2, 0) is 6.42 Å². The van der Waals surface area contributed by atoms with Crippen molar-refractivity contribution in [3.05, 3.63) is 47.9 Å². The van der Waals surface area contributed by atoms with Gasteiger partial charge in [0.1, 0.15) is 12.0 Å². The molecule has 5 nitrogen and oxygen atoms in total. The molecule has 1 amide bonds. The van der Waals surface area contributed by atoms with E-state index in [1.54, 1.807) is 0 Å². The minimum atomic E-state index is -0.276. The first-order valence-corrected chi connectivity index (χ1v) is 6.00. The Morgan fingerprint density at radius 1 is 1.32 bits per heavy atom. The van der Waals surface area contributed by atoms with E-state index in [2.05, 4.69) is 15.3 Å². The van der Waals surface area contributed by atoms with Crippen LogP contribution in [0.15, 0.2) is 36.7 Å². The van der Waals surface area contributed by atoms with E-state index in [-0.39, 0.29) is 11.6 Å². The van der Waals surface area contributed by atoms with Gasteiger partial charge in [0.2, 0.25) is 5.88 Å². The van der Waals surface area contributed by atoms with E-state index in [0.717, 1.165) is 17.7 Å². The van der Waals surface area contributed by atoms with E-state index in [1.165, 1.54) is 19.5 Å². The number of rotatable bonds is 4. The van der Waals surface area contributed by atoms with Crippen molar-refractivity contribution in [3.8, 4) is 5.88 Å². The average Bonchev–Trinajstić information content (AvgIpc) is 2.47. The maximum Gasteiger partial charge on any atom is 0.274 e. The highest BCUT2D eigenvalue weighted by atomic mass is 16.5. The Kier molecular flexibility index (Phi) is 4.07. The highest BCUT2D eigenvalue weighted by Gasteiger charge is 2.10. The van der Waals surface area contributed by atoms with Crippen LogP contribution >= 0.6 is 0 Å². The van der Waals surface area contributed by atoms with E-state index in [1.807, 2.05) is 31.2 Å². The monoisotopic (exact) mass is 257 g/mol. The Hall–Kier alpha value is -2.43. The predicted octanol–water partition coefficient (Wildman–Crippen LogP) is 2.30. The zero-order valence-corrected chi connectivity index (χ0v) is 10.9. The lowest BCUT2D eigenvalue weighted by Gasteiger charge is -2.09. The second-order valence-electron chi connectivity index (χ2n) is 3.91. The third-order valence-electron chi connectivity index (χ3n) is 2.73. The number of hydrogen-bond acceptors (Lipinski definition) is 4. The molecule has 0 fully saturated rings. The molecule has 0 aliphatic carbocycles. The summed E-state index contributed by atoms with van der Waals surface area (Å²) in [6.07, 6.45) is 2.16. The van der Waals surface area contributed by atoms with Crippen molar-refractivity contribution >= 4 is 11.6 Å². The quantitative estimate of drug-likeness (QED) is 0.912. The second kappa shape index (κ2) is 5.95. The van der Waals surface area contributed by atoms with Crippen molar-refractivity contribution in [2.45, 2.75) is 13.3 Å². The summed E-state index contributed by atoms with van der Waals surface area (Å²) in [4.78, 5) is 19.9. The number of amides is 1. The Morgan fingerprint density at radius 3 is 2.84 bits per heavy atom. The molecule has 0 bridgehead atoms. The van der Waals surface area contributed by atoms with Crippen molar-refractivity contribution in [1.82, 2.24) is 9.97 Å². The highest BCUT2D eigenvalue weighted by molar-refractivity contribution is 6.03. The minimum Gasteiger partial charge on any atom is -0.481 e. The number of carbonyl (C=O) groups is 1. The van der Waals surface area contributed by atoms with Gasteiger partial charge in [0, 0.05) is 11.8 Å². The fourth-order valence-corrected chi connectivity index (χ4v) is 1.71. The van der Waals surface area contributed by atoms with Gasteiger partial charge in [-0.15, -0.1) is 0 Å². The van der Waals surface area contributed by atoms with Gasteiger partial charge in [-0.25, -0.2) is 9.97 Å². The Morgan fingerprint density at radius 2 is 2.11 bits per heavy atom. The number of methoxy groups -OCH3 is 1. The molecule has 0 spiro atoms.